The van der Waals surface area contributed by atoms with Crippen molar-refractivity contribution in [3.05, 3.63) is 0 Å². The van der Waals surface area contributed by atoms with Gasteiger partial charge in [0.05, 0.1) is 12.0 Å². The van der Waals surface area contributed by atoms with E-state index in [9.17, 15) is 9.59 Å². The van der Waals surface area contributed by atoms with E-state index >= 15 is 0 Å². The lowest BCUT2D eigenvalue weighted by molar-refractivity contribution is -0.146. The highest BCUT2D eigenvalue weighted by Gasteiger charge is 2.48. The molecular formula is C12H21NO4S. The van der Waals surface area contributed by atoms with Crippen LogP contribution in [-0.4, -0.2) is 46.3 Å². The SMILES string of the molecule is COC(=O)[C@@H]1CSC(C)(C)N1C(=O)OC(C)(C)C. The zero-order valence-electron chi connectivity index (χ0n) is 11.8. The van der Waals surface area contributed by atoms with Gasteiger partial charge in [-0.15, -0.1) is 11.8 Å². The Bertz CT molecular complexity index is 348. The first-order valence-electron chi connectivity index (χ1n) is 5.82. The minimum absolute atomic E-state index is 0.404. The summed E-state index contributed by atoms with van der Waals surface area (Å²) >= 11 is 1.54. The molecule has 1 saturated heterocycles. The number of esters is 1. The molecule has 0 aromatic rings. The number of hydrogen-bond acceptors (Lipinski definition) is 5. The predicted molar refractivity (Wildman–Crippen MR) is 70.4 cm³/mol. The van der Waals surface area contributed by atoms with Crippen LogP contribution in [0, 0.1) is 0 Å². The maximum absolute atomic E-state index is 12.2. The lowest BCUT2D eigenvalue weighted by atomic mass is 10.2. The molecular weight excluding hydrogens is 254 g/mol. The van der Waals surface area contributed by atoms with Crippen molar-refractivity contribution < 1.29 is 19.1 Å². The number of methoxy groups -OCH3 is 1. The molecule has 0 saturated carbocycles. The van der Waals surface area contributed by atoms with Crippen molar-refractivity contribution in [1.29, 1.82) is 0 Å². The van der Waals surface area contributed by atoms with E-state index in [1.807, 2.05) is 13.8 Å². The van der Waals surface area contributed by atoms with Crippen LogP contribution in [0.5, 0.6) is 0 Å². The lowest BCUT2D eigenvalue weighted by Gasteiger charge is -2.34. The Balaban J connectivity index is 2.92. The van der Waals surface area contributed by atoms with Crippen LogP contribution >= 0.6 is 11.8 Å². The van der Waals surface area contributed by atoms with Crippen molar-refractivity contribution in [2.24, 2.45) is 0 Å². The Hall–Kier alpha value is -0.910. The van der Waals surface area contributed by atoms with Crippen LogP contribution in [0.1, 0.15) is 34.6 Å². The Kier molecular flexibility index (Phi) is 4.20. The number of amides is 1. The quantitative estimate of drug-likeness (QED) is 0.687. The molecule has 0 radical (unpaired) electrons. The summed E-state index contributed by atoms with van der Waals surface area (Å²) in [6, 6.07) is -0.579. The van der Waals surface area contributed by atoms with Crippen LogP contribution in [-0.2, 0) is 14.3 Å². The van der Waals surface area contributed by atoms with E-state index in [0.717, 1.165) is 0 Å². The summed E-state index contributed by atoms with van der Waals surface area (Å²) in [5.41, 5.74) is -0.582. The van der Waals surface area contributed by atoms with Crippen LogP contribution in [0.25, 0.3) is 0 Å². The van der Waals surface area contributed by atoms with Gasteiger partial charge in [0.2, 0.25) is 0 Å². The van der Waals surface area contributed by atoms with E-state index in [1.165, 1.54) is 23.8 Å². The fourth-order valence-electron chi connectivity index (χ4n) is 1.77. The van der Waals surface area contributed by atoms with Crippen LogP contribution in [0.4, 0.5) is 4.79 Å². The van der Waals surface area contributed by atoms with Gasteiger partial charge < -0.3 is 9.47 Å². The second-order valence-electron chi connectivity index (χ2n) is 5.65. The van der Waals surface area contributed by atoms with Crippen molar-refractivity contribution >= 4 is 23.8 Å². The van der Waals surface area contributed by atoms with Crippen molar-refractivity contribution in [2.75, 3.05) is 12.9 Å². The van der Waals surface area contributed by atoms with Crippen LogP contribution in [0.2, 0.25) is 0 Å². The summed E-state index contributed by atoms with van der Waals surface area (Å²) in [5.74, 6) is 0.123. The van der Waals surface area contributed by atoms with E-state index in [-0.39, 0.29) is 0 Å². The number of ether oxygens (including phenoxy) is 2. The molecule has 0 aliphatic carbocycles. The minimum Gasteiger partial charge on any atom is -0.467 e. The van der Waals surface area contributed by atoms with E-state index in [0.29, 0.717) is 5.75 Å². The summed E-state index contributed by atoms with van der Waals surface area (Å²) in [5, 5.41) is 0. The Labute approximate surface area is 112 Å². The molecule has 1 aliphatic heterocycles. The molecule has 1 heterocycles. The van der Waals surface area contributed by atoms with Gasteiger partial charge in [0.15, 0.2) is 0 Å². The molecule has 1 aliphatic rings. The molecule has 0 spiro atoms. The number of thioether (sulfide) groups is 1. The third-order valence-corrected chi connectivity index (χ3v) is 3.94. The Morgan fingerprint density at radius 3 is 2.33 bits per heavy atom. The highest BCUT2D eigenvalue weighted by Crippen LogP contribution is 2.40. The lowest BCUT2D eigenvalue weighted by Crippen LogP contribution is -2.51. The van der Waals surface area contributed by atoms with E-state index in [1.54, 1.807) is 20.8 Å². The molecule has 0 aromatic carbocycles. The van der Waals surface area contributed by atoms with Crippen LogP contribution < -0.4 is 0 Å². The summed E-state index contributed by atoms with van der Waals surface area (Å²) in [7, 11) is 1.32. The smallest absolute Gasteiger partial charge is 0.412 e. The van der Waals surface area contributed by atoms with Crippen molar-refractivity contribution in [2.45, 2.75) is 51.1 Å². The monoisotopic (exact) mass is 275 g/mol. The third-order valence-electron chi connectivity index (χ3n) is 2.55. The highest BCUT2D eigenvalue weighted by atomic mass is 32.2. The van der Waals surface area contributed by atoms with Crippen LogP contribution in [0.15, 0.2) is 0 Å². The van der Waals surface area contributed by atoms with Crippen molar-refractivity contribution in [3.63, 3.8) is 0 Å². The summed E-state index contributed by atoms with van der Waals surface area (Å²) in [6.07, 6.45) is -0.479. The molecule has 1 rings (SSSR count). The average molecular weight is 275 g/mol. The summed E-state index contributed by atoms with van der Waals surface area (Å²) in [4.78, 5) is 24.9. The largest absolute Gasteiger partial charge is 0.467 e. The summed E-state index contributed by atoms with van der Waals surface area (Å²) < 4.78 is 10.1. The molecule has 0 bridgehead atoms. The summed E-state index contributed by atoms with van der Waals surface area (Å²) in [6.45, 7) is 9.19. The van der Waals surface area contributed by atoms with Gasteiger partial charge in [0.25, 0.3) is 0 Å². The molecule has 18 heavy (non-hydrogen) atoms. The van der Waals surface area contributed by atoms with Gasteiger partial charge >= 0.3 is 12.1 Å². The molecule has 1 amide bonds. The first-order chi connectivity index (χ1) is 8.08. The van der Waals surface area contributed by atoms with E-state index < -0.39 is 28.6 Å². The minimum atomic E-state index is -0.582. The maximum Gasteiger partial charge on any atom is 0.412 e. The molecule has 0 unspecified atom stereocenters. The number of carbonyl (C=O) groups is 2. The van der Waals surface area contributed by atoms with Gasteiger partial charge in [-0.25, -0.2) is 9.59 Å². The molecule has 1 atom stereocenters. The first kappa shape index (κ1) is 15.1. The Morgan fingerprint density at radius 2 is 1.89 bits per heavy atom. The number of nitrogens with zero attached hydrogens (tertiary/aromatic N) is 1. The van der Waals surface area contributed by atoms with Crippen molar-refractivity contribution in [3.8, 4) is 0 Å². The molecule has 5 nitrogen and oxygen atoms in total. The van der Waals surface area contributed by atoms with Gasteiger partial charge in [0, 0.05) is 5.75 Å². The zero-order chi connectivity index (χ0) is 14.1. The molecule has 0 aromatic heterocycles. The van der Waals surface area contributed by atoms with E-state index in [4.69, 9.17) is 9.47 Å². The topological polar surface area (TPSA) is 55.8 Å². The normalized spacial score (nSPS) is 22.8. The van der Waals surface area contributed by atoms with Gasteiger partial charge in [-0.2, -0.15) is 0 Å². The molecule has 0 N–H and O–H groups in total. The fourth-order valence-corrected chi connectivity index (χ4v) is 2.96. The van der Waals surface area contributed by atoms with Gasteiger partial charge in [-0.05, 0) is 34.6 Å². The average Bonchev–Trinajstić information content (AvgIpc) is 2.50. The number of carbonyl (C=O) groups excluding carboxylic acids is 2. The molecule has 1 fully saturated rings. The second-order valence-corrected chi connectivity index (χ2v) is 7.27. The Morgan fingerprint density at radius 1 is 1.33 bits per heavy atom. The molecule has 104 valence electrons. The number of hydrogen-bond donors (Lipinski definition) is 0. The van der Waals surface area contributed by atoms with Gasteiger partial charge in [-0.3, -0.25) is 4.90 Å². The molecule has 6 heteroatoms. The second kappa shape index (κ2) is 4.99. The van der Waals surface area contributed by atoms with Crippen LogP contribution in [0.3, 0.4) is 0 Å². The van der Waals surface area contributed by atoms with Crippen molar-refractivity contribution in [1.82, 2.24) is 4.90 Å². The first-order valence-corrected chi connectivity index (χ1v) is 6.81. The van der Waals surface area contributed by atoms with Gasteiger partial charge in [-0.1, -0.05) is 0 Å². The standard InChI is InChI=1S/C12H21NO4S/c1-11(2,3)17-10(15)13-8(9(14)16-6)7-18-12(13,4)5/h8H,7H2,1-6H3/t8-/m0/s1. The number of rotatable bonds is 1. The third kappa shape index (κ3) is 3.31. The maximum atomic E-state index is 12.2. The predicted octanol–water partition coefficient (Wildman–Crippen LogP) is 2.25. The highest BCUT2D eigenvalue weighted by molar-refractivity contribution is 8.00. The zero-order valence-corrected chi connectivity index (χ0v) is 12.6. The van der Waals surface area contributed by atoms with E-state index in [2.05, 4.69) is 0 Å². The van der Waals surface area contributed by atoms with Gasteiger partial charge in [0.1, 0.15) is 11.6 Å². The fraction of sp³-hybridized carbons (Fsp3) is 0.833.